The largest absolute Gasteiger partial charge is 0.302 e. The lowest BCUT2D eigenvalue weighted by Crippen LogP contribution is -2.12. The van der Waals surface area contributed by atoms with E-state index < -0.39 is 0 Å². The van der Waals surface area contributed by atoms with E-state index in [9.17, 15) is 4.79 Å². The van der Waals surface area contributed by atoms with Crippen LogP contribution in [0.5, 0.6) is 0 Å². The number of benzene rings is 1. The number of aromatic nitrogens is 1. The summed E-state index contributed by atoms with van der Waals surface area (Å²) in [5.41, 5.74) is 0.965. The van der Waals surface area contributed by atoms with Gasteiger partial charge in [0.25, 0.3) is 0 Å². The van der Waals surface area contributed by atoms with Crippen LogP contribution in [0.3, 0.4) is 0 Å². The molecule has 1 aliphatic carbocycles. The molecule has 0 atom stereocenters. The molecule has 1 saturated carbocycles. The fourth-order valence-electron chi connectivity index (χ4n) is 3.13. The molecule has 0 aliphatic heterocycles. The molecule has 1 aliphatic rings. The maximum Gasteiger partial charge on any atom is 0.226 e. The molecule has 6 heteroatoms. The first-order chi connectivity index (χ1) is 11.6. The van der Waals surface area contributed by atoms with E-state index in [0.717, 1.165) is 22.8 Å². The van der Waals surface area contributed by atoms with E-state index in [2.05, 4.69) is 10.3 Å². The average Bonchev–Trinajstić information content (AvgIpc) is 3.21. The third-order valence-electron chi connectivity index (χ3n) is 4.43. The van der Waals surface area contributed by atoms with Gasteiger partial charge in [0.2, 0.25) is 5.91 Å². The normalized spacial score (nSPS) is 14.9. The quantitative estimate of drug-likeness (QED) is 0.670. The lowest BCUT2D eigenvalue weighted by molar-refractivity contribution is -0.116. The van der Waals surface area contributed by atoms with Gasteiger partial charge in [-0.15, -0.1) is 11.3 Å². The highest BCUT2D eigenvalue weighted by molar-refractivity contribution is 7.15. The number of nitrogens with zero attached hydrogens (tertiary/aromatic N) is 1. The summed E-state index contributed by atoms with van der Waals surface area (Å²) < 4.78 is 0. The molecule has 128 valence electrons. The third kappa shape index (κ3) is 4.95. The van der Waals surface area contributed by atoms with Crippen LogP contribution in [0.2, 0.25) is 10.0 Å². The van der Waals surface area contributed by atoms with Crippen LogP contribution in [-0.2, 0) is 11.2 Å². The zero-order valence-corrected chi connectivity index (χ0v) is 15.7. The van der Waals surface area contributed by atoms with Gasteiger partial charge in [0.1, 0.15) is 0 Å². The summed E-state index contributed by atoms with van der Waals surface area (Å²) >= 11 is 13.7. The number of carbonyl (C=O) groups is 1. The van der Waals surface area contributed by atoms with Gasteiger partial charge in [-0.25, -0.2) is 4.98 Å². The van der Waals surface area contributed by atoms with Gasteiger partial charge in [-0.1, -0.05) is 48.9 Å². The highest BCUT2D eigenvalue weighted by atomic mass is 35.5. The van der Waals surface area contributed by atoms with E-state index in [1.54, 1.807) is 18.3 Å². The summed E-state index contributed by atoms with van der Waals surface area (Å²) in [6.07, 6.45) is 9.19. The van der Waals surface area contributed by atoms with Crippen molar-refractivity contribution in [1.29, 1.82) is 0 Å². The number of rotatable bonds is 6. The Morgan fingerprint density at radius 3 is 2.88 bits per heavy atom. The van der Waals surface area contributed by atoms with Crippen molar-refractivity contribution in [2.24, 2.45) is 5.92 Å². The summed E-state index contributed by atoms with van der Waals surface area (Å²) in [7, 11) is 0. The molecule has 1 heterocycles. The van der Waals surface area contributed by atoms with E-state index in [1.165, 1.54) is 37.0 Å². The molecule has 1 aromatic carbocycles. The number of hydrogen-bond donors (Lipinski definition) is 1. The van der Waals surface area contributed by atoms with Gasteiger partial charge in [-0.3, -0.25) is 4.79 Å². The monoisotopic (exact) mass is 382 g/mol. The SMILES string of the molecule is O=C(CCC1CCCC1)Nc1ncc(Cc2cc(Cl)ccc2Cl)s1. The predicted octanol–water partition coefficient (Wildman–Crippen LogP) is 5.95. The van der Waals surface area contributed by atoms with E-state index in [-0.39, 0.29) is 5.91 Å². The smallest absolute Gasteiger partial charge is 0.226 e. The molecule has 0 radical (unpaired) electrons. The molecule has 0 saturated heterocycles. The van der Waals surface area contributed by atoms with Crippen molar-refractivity contribution in [2.45, 2.75) is 44.9 Å². The van der Waals surface area contributed by atoms with Crippen LogP contribution in [0.15, 0.2) is 24.4 Å². The molecule has 2 aromatic rings. The Hall–Kier alpha value is -1.10. The highest BCUT2D eigenvalue weighted by Gasteiger charge is 2.16. The van der Waals surface area contributed by atoms with Crippen LogP contribution in [0.25, 0.3) is 0 Å². The van der Waals surface area contributed by atoms with Crippen LogP contribution >= 0.6 is 34.5 Å². The number of amides is 1. The van der Waals surface area contributed by atoms with E-state index in [4.69, 9.17) is 23.2 Å². The lowest BCUT2D eigenvalue weighted by Gasteiger charge is -2.07. The molecule has 1 N–H and O–H groups in total. The number of hydrogen-bond acceptors (Lipinski definition) is 3. The van der Waals surface area contributed by atoms with Crippen molar-refractivity contribution in [1.82, 2.24) is 4.98 Å². The van der Waals surface area contributed by atoms with E-state index >= 15 is 0 Å². The van der Waals surface area contributed by atoms with Crippen molar-refractivity contribution in [3.8, 4) is 0 Å². The van der Waals surface area contributed by atoms with Crippen molar-refractivity contribution >= 4 is 45.6 Å². The number of anilines is 1. The van der Waals surface area contributed by atoms with Gasteiger partial charge >= 0.3 is 0 Å². The average molecular weight is 383 g/mol. The zero-order chi connectivity index (χ0) is 16.9. The molecule has 0 unspecified atom stereocenters. The van der Waals surface area contributed by atoms with E-state index in [1.807, 2.05) is 6.07 Å². The van der Waals surface area contributed by atoms with Crippen LogP contribution in [0.4, 0.5) is 5.13 Å². The Balaban J connectivity index is 1.53. The molecule has 3 nitrogen and oxygen atoms in total. The van der Waals surface area contributed by atoms with Crippen molar-refractivity contribution in [3.05, 3.63) is 44.9 Å². The minimum Gasteiger partial charge on any atom is -0.302 e. The summed E-state index contributed by atoms with van der Waals surface area (Å²) in [5, 5.41) is 4.92. The maximum atomic E-state index is 12.1. The Morgan fingerprint density at radius 2 is 2.08 bits per heavy atom. The summed E-state index contributed by atoms with van der Waals surface area (Å²) in [6, 6.07) is 5.44. The second-order valence-electron chi connectivity index (χ2n) is 6.28. The lowest BCUT2D eigenvalue weighted by atomic mass is 10.0. The number of nitrogens with one attached hydrogen (secondary N) is 1. The fourth-order valence-corrected chi connectivity index (χ4v) is 4.36. The topological polar surface area (TPSA) is 42.0 Å². The van der Waals surface area contributed by atoms with E-state index in [0.29, 0.717) is 28.0 Å². The fraction of sp³-hybridized carbons (Fsp3) is 0.444. The molecule has 1 fully saturated rings. The number of carbonyl (C=O) groups excluding carboxylic acids is 1. The number of thiazole rings is 1. The van der Waals surface area contributed by atoms with Crippen LogP contribution in [0, 0.1) is 5.92 Å². The van der Waals surface area contributed by atoms with Gasteiger partial charge in [-0.2, -0.15) is 0 Å². The molecular formula is C18H20Cl2N2OS. The predicted molar refractivity (Wildman–Crippen MR) is 101 cm³/mol. The minimum absolute atomic E-state index is 0.0589. The standard InChI is InChI=1S/C18H20Cl2N2OS/c19-14-6-7-16(20)13(9-14)10-15-11-21-18(24-15)22-17(23)8-5-12-3-1-2-4-12/h6-7,9,11-12H,1-5,8,10H2,(H,21,22,23). The van der Waals surface area contributed by atoms with Gasteiger partial charge in [0.05, 0.1) is 0 Å². The Bertz CT molecular complexity index is 711. The summed E-state index contributed by atoms with van der Waals surface area (Å²) in [6.45, 7) is 0. The van der Waals surface area contributed by atoms with Crippen molar-refractivity contribution in [3.63, 3.8) is 0 Å². The number of halogens is 2. The molecule has 3 rings (SSSR count). The van der Waals surface area contributed by atoms with Crippen molar-refractivity contribution < 1.29 is 4.79 Å². The van der Waals surface area contributed by atoms with Crippen LogP contribution < -0.4 is 5.32 Å². The van der Waals surface area contributed by atoms with Gasteiger partial charge in [0.15, 0.2) is 5.13 Å². The van der Waals surface area contributed by atoms with Gasteiger partial charge in [0, 0.05) is 34.0 Å². The molecule has 0 bridgehead atoms. The summed E-state index contributed by atoms with van der Waals surface area (Å²) in [5.74, 6) is 0.788. The molecule has 0 spiro atoms. The molecule has 24 heavy (non-hydrogen) atoms. The Labute approximate surface area is 156 Å². The molecule has 1 amide bonds. The first-order valence-corrected chi connectivity index (χ1v) is 9.86. The molecule has 1 aromatic heterocycles. The van der Waals surface area contributed by atoms with Crippen LogP contribution in [-0.4, -0.2) is 10.9 Å². The van der Waals surface area contributed by atoms with Gasteiger partial charge in [-0.05, 0) is 36.1 Å². The maximum absolute atomic E-state index is 12.1. The van der Waals surface area contributed by atoms with Crippen LogP contribution in [0.1, 0.15) is 49.0 Å². The highest BCUT2D eigenvalue weighted by Crippen LogP contribution is 2.29. The first-order valence-electron chi connectivity index (χ1n) is 8.28. The summed E-state index contributed by atoms with van der Waals surface area (Å²) in [4.78, 5) is 17.4. The molecular weight excluding hydrogens is 363 g/mol. The third-order valence-corrected chi connectivity index (χ3v) is 5.94. The first kappa shape index (κ1) is 17.7. The van der Waals surface area contributed by atoms with Crippen molar-refractivity contribution in [2.75, 3.05) is 5.32 Å². The second-order valence-corrected chi connectivity index (χ2v) is 8.24. The van der Waals surface area contributed by atoms with Gasteiger partial charge < -0.3 is 5.32 Å². The Kier molecular flexibility index (Phi) is 6.14. The Morgan fingerprint density at radius 1 is 1.29 bits per heavy atom. The minimum atomic E-state index is 0.0589. The second kappa shape index (κ2) is 8.32. The zero-order valence-electron chi connectivity index (χ0n) is 13.4.